The maximum atomic E-state index is 13.4. The molecule has 0 spiro atoms. The highest BCUT2D eigenvalue weighted by Crippen LogP contribution is 2.19. The zero-order valence-corrected chi connectivity index (χ0v) is 10.1. The second-order valence-corrected chi connectivity index (χ2v) is 4.12. The molecule has 0 fully saturated rings. The van der Waals surface area contributed by atoms with Crippen LogP contribution in [-0.2, 0) is 11.2 Å². The van der Waals surface area contributed by atoms with Crippen LogP contribution in [0.1, 0.15) is 12.5 Å². The third-order valence-electron chi connectivity index (χ3n) is 2.22. The fourth-order valence-electron chi connectivity index (χ4n) is 1.24. The molecule has 1 rings (SSSR count). The van der Waals surface area contributed by atoms with E-state index in [1.165, 1.54) is 18.2 Å². The highest BCUT2D eigenvalue weighted by molar-refractivity contribution is 6.31. The average molecular weight is 255 g/mol. The standard InChI is InChI=1S/C12H12ClFN2O/c1-8(6-15)7-16-12(17)5-9-10(13)3-2-4-11(9)14/h2-4,8H,5,7H2,1H3,(H,16,17). The number of hydrogen-bond acceptors (Lipinski definition) is 2. The van der Waals surface area contributed by atoms with Crippen LogP contribution in [-0.4, -0.2) is 12.5 Å². The van der Waals surface area contributed by atoms with Crippen LogP contribution in [0.15, 0.2) is 18.2 Å². The van der Waals surface area contributed by atoms with Gasteiger partial charge in [0, 0.05) is 17.1 Å². The molecule has 90 valence electrons. The fraction of sp³-hybridized carbons (Fsp3) is 0.333. The van der Waals surface area contributed by atoms with E-state index in [1.807, 2.05) is 6.07 Å². The number of amides is 1. The summed E-state index contributed by atoms with van der Waals surface area (Å²) in [5, 5.41) is 11.3. The molecule has 0 aliphatic rings. The molecule has 1 amide bonds. The number of halogens is 2. The quantitative estimate of drug-likeness (QED) is 0.896. The largest absolute Gasteiger partial charge is 0.355 e. The van der Waals surface area contributed by atoms with Crippen LogP contribution in [0.25, 0.3) is 0 Å². The molecule has 1 aromatic rings. The summed E-state index contributed by atoms with van der Waals surface area (Å²) >= 11 is 5.79. The minimum atomic E-state index is -0.499. The number of benzene rings is 1. The van der Waals surface area contributed by atoms with Crippen molar-refractivity contribution < 1.29 is 9.18 Å². The molecule has 0 heterocycles. The molecule has 0 radical (unpaired) electrons. The van der Waals surface area contributed by atoms with Crippen LogP contribution < -0.4 is 5.32 Å². The molecule has 0 aliphatic carbocycles. The van der Waals surface area contributed by atoms with Gasteiger partial charge < -0.3 is 5.32 Å². The first-order valence-electron chi connectivity index (χ1n) is 5.13. The smallest absolute Gasteiger partial charge is 0.224 e. The van der Waals surface area contributed by atoms with E-state index < -0.39 is 5.82 Å². The molecule has 0 aromatic heterocycles. The summed E-state index contributed by atoms with van der Waals surface area (Å²) in [4.78, 5) is 11.5. The van der Waals surface area contributed by atoms with Gasteiger partial charge in [-0.2, -0.15) is 5.26 Å². The zero-order chi connectivity index (χ0) is 12.8. The van der Waals surface area contributed by atoms with Crippen molar-refractivity contribution >= 4 is 17.5 Å². The third kappa shape index (κ3) is 4.04. The molecule has 1 N–H and O–H groups in total. The van der Waals surface area contributed by atoms with Gasteiger partial charge in [-0.05, 0) is 19.1 Å². The van der Waals surface area contributed by atoms with E-state index in [-0.39, 0.29) is 35.4 Å². The molecule has 3 nitrogen and oxygen atoms in total. The molecule has 1 aromatic carbocycles. The first kappa shape index (κ1) is 13.5. The summed E-state index contributed by atoms with van der Waals surface area (Å²) in [5.41, 5.74) is 0.177. The molecule has 0 saturated heterocycles. The average Bonchev–Trinajstić information content (AvgIpc) is 2.31. The van der Waals surface area contributed by atoms with Gasteiger partial charge >= 0.3 is 0 Å². The Morgan fingerprint density at radius 1 is 1.65 bits per heavy atom. The molecular weight excluding hydrogens is 243 g/mol. The number of carbonyl (C=O) groups excluding carboxylic acids is 1. The number of rotatable bonds is 4. The minimum Gasteiger partial charge on any atom is -0.355 e. The van der Waals surface area contributed by atoms with E-state index in [2.05, 4.69) is 5.32 Å². The van der Waals surface area contributed by atoms with Crippen LogP contribution in [0.4, 0.5) is 4.39 Å². The fourth-order valence-corrected chi connectivity index (χ4v) is 1.47. The summed E-state index contributed by atoms with van der Waals surface area (Å²) < 4.78 is 13.4. The summed E-state index contributed by atoms with van der Waals surface area (Å²) in [5.74, 6) is -1.12. The highest BCUT2D eigenvalue weighted by Gasteiger charge is 2.12. The molecular formula is C12H12ClFN2O. The van der Waals surface area contributed by atoms with Crippen molar-refractivity contribution in [1.29, 1.82) is 5.26 Å². The predicted octanol–water partition coefficient (Wildman–Crippen LogP) is 2.30. The minimum absolute atomic E-state index is 0.121. The van der Waals surface area contributed by atoms with Gasteiger partial charge in [-0.25, -0.2) is 4.39 Å². The van der Waals surface area contributed by atoms with Crippen molar-refractivity contribution in [3.05, 3.63) is 34.6 Å². The predicted molar refractivity (Wildman–Crippen MR) is 62.9 cm³/mol. The summed E-state index contributed by atoms with van der Waals surface area (Å²) in [7, 11) is 0. The second-order valence-electron chi connectivity index (χ2n) is 3.71. The first-order chi connectivity index (χ1) is 8.04. The van der Waals surface area contributed by atoms with Crippen LogP contribution in [0.2, 0.25) is 5.02 Å². The Bertz CT molecular complexity index is 436. The normalized spacial score (nSPS) is 11.6. The first-order valence-corrected chi connectivity index (χ1v) is 5.51. The lowest BCUT2D eigenvalue weighted by atomic mass is 10.1. The Kier molecular flexibility index (Phi) is 4.92. The van der Waals surface area contributed by atoms with Crippen molar-refractivity contribution in [3.63, 3.8) is 0 Å². The Balaban J connectivity index is 2.60. The monoisotopic (exact) mass is 254 g/mol. The SMILES string of the molecule is CC(C#N)CNC(=O)Cc1c(F)cccc1Cl. The topological polar surface area (TPSA) is 52.9 Å². The van der Waals surface area contributed by atoms with Gasteiger partial charge in [-0.1, -0.05) is 17.7 Å². The third-order valence-corrected chi connectivity index (χ3v) is 2.58. The molecule has 17 heavy (non-hydrogen) atoms. The van der Waals surface area contributed by atoms with Crippen molar-refractivity contribution in [3.8, 4) is 6.07 Å². The van der Waals surface area contributed by atoms with Gasteiger partial charge in [0.1, 0.15) is 5.82 Å². The lowest BCUT2D eigenvalue weighted by Gasteiger charge is -2.08. The maximum Gasteiger partial charge on any atom is 0.224 e. The number of nitrogens with zero attached hydrogens (tertiary/aromatic N) is 1. The zero-order valence-electron chi connectivity index (χ0n) is 9.34. The van der Waals surface area contributed by atoms with E-state index in [4.69, 9.17) is 16.9 Å². The van der Waals surface area contributed by atoms with Gasteiger partial charge in [-0.3, -0.25) is 4.79 Å². The molecule has 0 aliphatic heterocycles. The number of nitriles is 1. The second kappa shape index (κ2) is 6.21. The van der Waals surface area contributed by atoms with E-state index in [0.717, 1.165) is 0 Å². The lowest BCUT2D eigenvalue weighted by molar-refractivity contribution is -0.120. The van der Waals surface area contributed by atoms with Gasteiger partial charge in [0.25, 0.3) is 0 Å². The number of carbonyl (C=O) groups is 1. The molecule has 5 heteroatoms. The van der Waals surface area contributed by atoms with Gasteiger partial charge in [0.05, 0.1) is 18.4 Å². The van der Waals surface area contributed by atoms with Crippen molar-refractivity contribution in [1.82, 2.24) is 5.32 Å². The molecule has 1 atom stereocenters. The molecule has 0 saturated carbocycles. The van der Waals surface area contributed by atoms with E-state index >= 15 is 0 Å². The maximum absolute atomic E-state index is 13.4. The van der Waals surface area contributed by atoms with Crippen molar-refractivity contribution in [2.75, 3.05) is 6.54 Å². The van der Waals surface area contributed by atoms with E-state index in [0.29, 0.717) is 0 Å². The Morgan fingerprint density at radius 3 is 2.94 bits per heavy atom. The highest BCUT2D eigenvalue weighted by atomic mass is 35.5. The van der Waals surface area contributed by atoms with Crippen LogP contribution >= 0.6 is 11.6 Å². The van der Waals surface area contributed by atoms with E-state index in [9.17, 15) is 9.18 Å². The number of nitrogens with one attached hydrogen (secondary N) is 1. The summed E-state index contributed by atoms with van der Waals surface area (Å²) in [6.07, 6.45) is -0.121. The molecule has 0 bridgehead atoms. The van der Waals surface area contributed by atoms with Gasteiger partial charge in [0.2, 0.25) is 5.91 Å². The van der Waals surface area contributed by atoms with Crippen LogP contribution in [0.3, 0.4) is 0 Å². The summed E-state index contributed by atoms with van der Waals surface area (Å²) in [6.45, 7) is 1.94. The Morgan fingerprint density at radius 2 is 2.35 bits per heavy atom. The summed E-state index contributed by atoms with van der Waals surface area (Å²) in [6, 6.07) is 6.26. The lowest BCUT2D eigenvalue weighted by Crippen LogP contribution is -2.29. The Hall–Kier alpha value is -1.60. The van der Waals surface area contributed by atoms with Crippen molar-refractivity contribution in [2.24, 2.45) is 5.92 Å². The number of hydrogen-bond donors (Lipinski definition) is 1. The molecule has 1 unspecified atom stereocenters. The van der Waals surface area contributed by atoms with Crippen molar-refractivity contribution in [2.45, 2.75) is 13.3 Å². The Labute approximate surface area is 104 Å². The van der Waals surface area contributed by atoms with Gasteiger partial charge in [0.15, 0.2) is 0 Å². The van der Waals surface area contributed by atoms with E-state index in [1.54, 1.807) is 6.92 Å². The van der Waals surface area contributed by atoms with Crippen LogP contribution in [0, 0.1) is 23.1 Å². The van der Waals surface area contributed by atoms with Crippen LogP contribution in [0.5, 0.6) is 0 Å². The van der Waals surface area contributed by atoms with Gasteiger partial charge in [-0.15, -0.1) is 0 Å².